The van der Waals surface area contributed by atoms with Crippen LogP contribution in [-0.4, -0.2) is 15.8 Å². The molecule has 1 rings (SSSR count). The summed E-state index contributed by atoms with van der Waals surface area (Å²) in [6.07, 6.45) is 4.21. The van der Waals surface area contributed by atoms with Crippen molar-refractivity contribution < 1.29 is 0 Å². The quantitative estimate of drug-likeness (QED) is 0.790. The fraction of sp³-hybridized carbons (Fsp3) is 0.778. The van der Waals surface area contributed by atoms with Gasteiger partial charge in [0, 0.05) is 0 Å². The second-order valence-corrected chi connectivity index (χ2v) is 3.98. The minimum atomic E-state index is 0.369. The second-order valence-electron chi connectivity index (χ2n) is 3.42. The molecule has 0 spiro atoms. The Labute approximate surface area is 83.9 Å². The molecular formula is C9H17N3S. The van der Waals surface area contributed by atoms with E-state index >= 15 is 0 Å². The number of rotatable bonds is 5. The molecule has 0 aliphatic rings. The van der Waals surface area contributed by atoms with Crippen molar-refractivity contribution in [3.05, 3.63) is 11.9 Å². The maximum atomic E-state index is 4.24. The van der Waals surface area contributed by atoms with Crippen LogP contribution in [-0.2, 0) is 0 Å². The fourth-order valence-corrected chi connectivity index (χ4v) is 1.75. The van der Waals surface area contributed by atoms with E-state index < -0.39 is 0 Å². The van der Waals surface area contributed by atoms with Gasteiger partial charge in [0.2, 0.25) is 0 Å². The van der Waals surface area contributed by atoms with E-state index in [0.717, 1.165) is 18.0 Å². The summed E-state index contributed by atoms with van der Waals surface area (Å²) in [4.78, 5) is 0. The van der Waals surface area contributed by atoms with Crippen molar-refractivity contribution in [2.45, 2.75) is 32.7 Å². The van der Waals surface area contributed by atoms with Crippen LogP contribution < -0.4 is 5.32 Å². The lowest BCUT2D eigenvalue weighted by atomic mass is 9.98. The topological polar surface area (TPSA) is 37.8 Å². The highest BCUT2D eigenvalue weighted by atomic mass is 32.1. The van der Waals surface area contributed by atoms with E-state index in [1.54, 1.807) is 0 Å². The lowest BCUT2D eigenvalue weighted by Gasteiger charge is -2.17. The number of hydrogen-bond acceptors (Lipinski definition) is 4. The molecule has 4 heteroatoms. The van der Waals surface area contributed by atoms with E-state index in [2.05, 4.69) is 27.9 Å². The third-order valence-corrected chi connectivity index (χ3v) is 2.91. The Bertz CT molecular complexity index is 223. The molecular weight excluding hydrogens is 182 g/mol. The first-order valence-electron chi connectivity index (χ1n) is 4.72. The molecule has 1 N–H and O–H groups in total. The molecule has 0 radical (unpaired) electrons. The Morgan fingerprint density at radius 1 is 1.62 bits per heavy atom. The van der Waals surface area contributed by atoms with Crippen LogP contribution in [0.1, 0.15) is 38.4 Å². The molecule has 1 aromatic rings. The van der Waals surface area contributed by atoms with Crippen molar-refractivity contribution in [3.63, 3.8) is 0 Å². The molecule has 0 aromatic carbocycles. The summed E-state index contributed by atoms with van der Waals surface area (Å²) in [6.45, 7) is 4.49. The lowest BCUT2D eigenvalue weighted by molar-refractivity contribution is 0.417. The molecule has 0 saturated carbocycles. The Kier molecular flexibility index (Phi) is 4.32. The SMILES string of the molecule is CCC(C)CC(NC)c1cnsn1. The first-order valence-corrected chi connectivity index (χ1v) is 5.45. The maximum Gasteiger partial charge on any atom is 0.0912 e. The first-order chi connectivity index (χ1) is 6.27. The van der Waals surface area contributed by atoms with Crippen LogP contribution in [0.4, 0.5) is 0 Å². The molecule has 0 aliphatic heterocycles. The van der Waals surface area contributed by atoms with Crippen LogP contribution in [0.2, 0.25) is 0 Å². The fourth-order valence-electron chi connectivity index (χ4n) is 1.28. The molecule has 74 valence electrons. The zero-order chi connectivity index (χ0) is 9.68. The van der Waals surface area contributed by atoms with Gasteiger partial charge in [0.05, 0.1) is 29.7 Å². The van der Waals surface area contributed by atoms with E-state index in [1.807, 2.05) is 13.2 Å². The number of nitrogens with one attached hydrogen (secondary N) is 1. The van der Waals surface area contributed by atoms with Crippen molar-refractivity contribution in [2.75, 3.05) is 7.05 Å². The highest BCUT2D eigenvalue weighted by Gasteiger charge is 2.14. The van der Waals surface area contributed by atoms with Crippen LogP contribution in [0.5, 0.6) is 0 Å². The minimum absolute atomic E-state index is 0.369. The smallest absolute Gasteiger partial charge is 0.0912 e. The van der Waals surface area contributed by atoms with Crippen LogP contribution in [0.15, 0.2) is 6.20 Å². The van der Waals surface area contributed by atoms with Gasteiger partial charge in [-0.25, -0.2) is 0 Å². The van der Waals surface area contributed by atoms with E-state index in [0.29, 0.717) is 6.04 Å². The molecule has 13 heavy (non-hydrogen) atoms. The molecule has 3 nitrogen and oxygen atoms in total. The minimum Gasteiger partial charge on any atom is -0.312 e. The molecule has 0 bridgehead atoms. The van der Waals surface area contributed by atoms with Gasteiger partial charge in [0.1, 0.15) is 0 Å². The Morgan fingerprint density at radius 2 is 2.38 bits per heavy atom. The summed E-state index contributed by atoms with van der Waals surface area (Å²) in [5, 5.41) is 3.27. The third-order valence-electron chi connectivity index (χ3n) is 2.42. The van der Waals surface area contributed by atoms with Gasteiger partial charge in [-0.15, -0.1) is 0 Å². The van der Waals surface area contributed by atoms with Crippen LogP contribution in [0, 0.1) is 5.92 Å². The van der Waals surface area contributed by atoms with Gasteiger partial charge in [-0.05, 0) is 19.4 Å². The lowest BCUT2D eigenvalue weighted by Crippen LogP contribution is -2.19. The van der Waals surface area contributed by atoms with Crippen molar-refractivity contribution in [1.29, 1.82) is 0 Å². The normalized spacial score (nSPS) is 15.6. The van der Waals surface area contributed by atoms with Crippen LogP contribution >= 0.6 is 11.7 Å². The molecule has 1 heterocycles. The number of nitrogens with zero attached hydrogens (tertiary/aromatic N) is 2. The van der Waals surface area contributed by atoms with Gasteiger partial charge in [-0.3, -0.25) is 0 Å². The van der Waals surface area contributed by atoms with Crippen molar-refractivity contribution >= 4 is 11.7 Å². The molecule has 0 saturated heterocycles. The van der Waals surface area contributed by atoms with E-state index in [1.165, 1.54) is 18.1 Å². The molecule has 1 aromatic heterocycles. The molecule has 2 unspecified atom stereocenters. The number of hydrogen-bond donors (Lipinski definition) is 1. The summed E-state index contributed by atoms with van der Waals surface area (Å²) in [5.41, 5.74) is 1.08. The third kappa shape index (κ3) is 3.04. The van der Waals surface area contributed by atoms with Gasteiger partial charge >= 0.3 is 0 Å². The van der Waals surface area contributed by atoms with Crippen LogP contribution in [0.25, 0.3) is 0 Å². The molecule has 0 amide bonds. The average molecular weight is 199 g/mol. The van der Waals surface area contributed by atoms with E-state index in [9.17, 15) is 0 Å². The van der Waals surface area contributed by atoms with Gasteiger partial charge in [0.25, 0.3) is 0 Å². The number of aromatic nitrogens is 2. The van der Waals surface area contributed by atoms with Gasteiger partial charge in [-0.1, -0.05) is 20.3 Å². The summed E-state index contributed by atoms with van der Waals surface area (Å²) < 4.78 is 8.26. The second kappa shape index (κ2) is 5.29. The standard InChI is InChI=1S/C9H17N3S/c1-4-7(2)5-8(10-3)9-6-11-13-12-9/h6-8,10H,4-5H2,1-3H3. The first kappa shape index (κ1) is 10.6. The van der Waals surface area contributed by atoms with Gasteiger partial charge in [0.15, 0.2) is 0 Å². The highest BCUT2D eigenvalue weighted by Crippen LogP contribution is 2.20. The van der Waals surface area contributed by atoms with Crippen molar-refractivity contribution in [1.82, 2.24) is 14.1 Å². The molecule has 0 aliphatic carbocycles. The molecule has 0 fully saturated rings. The Balaban J connectivity index is 2.53. The predicted molar refractivity (Wildman–Crippen MR) is 55.8 cm³/mol. The zero-order valence-corrected chi connectivity index (χ0v) is 9.27. The van der Waals surface area contributed by atoms with Crippen LogP contribution in [0.3, 0.4) is 0 Å². The van der Waals surface area contributed by atoms with Gasteiger partial charge in [-0.2, -0.15) is 8.75 Å². The largest absolute Gasteiger partial charge is 0.312 e. The summed E-state index contributed by atoms with van der Waals surface area (Å²) in [7, 11) is 1.98. The van der Waals surface area contributed by atoms with Crippen molar-refractivity contribution in [3.8, 4) is 0 Å². The Hall–Kier alpha value is -0.480. The van der Waals surface area contributed by atoms with E-state index in [-0.39, 0.29) is 0 Å². The summed E-state index contributed by atoms with van der Waals surface area (Å²) in [6, 6.07) is 0.369. The monoisotopic (exact) mass is 199 g/mol. The van der Waals surface area contributed by atoms with E-state index in [4.69, 9.17) is 0 Å². The Morgan fingerprint density at radius 3 is 2.85 bits per heavy atom. The average Bonchev–Trinajstić information content (AvgIpc) is 2.66. The zero-order valence-electron chi connectivity index (χ0n) is 8.45. The highest BCUT2D eigenvalue weighted by molar-refractivity contribution is 6.99. The molecule has 2 atom stereocenters. The summed E-state index contributed by atoms with van der Waals surface area (Å²) >= 11 is 1.28. The summed E-state index contributed by atoms with van der Waals surface area (Å²) in [5.74, 6) is 0.735. The van der Waals surface area contributed by atoms with Gasteiger partial charge < -0.3 is 5.32 Å². The predicted octanol–water partition coefficient (Wildman–Crippen LogP) is 2.23. The van der Waals surface area contributed by atoms with Crippen molar-refractivity contribution in [2.24, 2.45) is 5.92 Å². The maximum absolute atomic E-state index is 4.24.